The molecule has 5 nitrogen and oxygen atoms in total. The minimum atomic E-state index is -1.36. The highest BCUT2D eigenvalue weighted by Gasteiger charge is 2.20. The molecule has 0 radical (unpaired) electrons. The summed E-state index contributed by atoms with van der Waals surface area (Å²) in [6.07, 6.45) is 0. The summed E-state index contributed by atoms with van der Waals surface area (Å²) in [6, 6.07) is 24.7. The van der Waals surface area contributed by atoms with E-state index in [1.54, 1.807) is 60.3 Å². The minimum absolute atomic E-state index is 0.303. The summed E-state index contributed by atoms with van der Waals surface area (Å²) < 4.78 is 0.929. The number of carbonyl (C=O) groups excluding carboxylic acids is 1. The maximum atomic E-state index is 13.1. The maximum absolute atomic E-state index is 13.1. The van der Waals surface area contributed by atoms with Crippen LogP contribution in [0.4, 0.5) is 0 Å². The van der Waals surface area contributed by atoms with Gasteiger partial charge in [-0.1, -0.05) is 48.2 Å². The van der Waals surface area contributed by atoms with Crippen LogP contribution in [0.1, 0.15) is 20.7 Å². The molecular weight excluding hydrogens is 386 g/mol. The van der Waals surface area contributed by atoms with E-state index >= 15 is 0 Å². The molecule has 0 spiro atoms. The average Bonchev–Trinajstić information content (AvgIpc) is 2.74. The Labute approximate surface area is 170 Å². The highest BCUT2D eigenvalue weighted by molar-refractivity contribution is 7.99. The first kappa shape index (κ1) is 18.7. The third-order valence-corrected chi connectivity index (χ3v) is 5.44. The lowest BCUT2D eigenvalue weighted by atomic mass is 10.1. The van der Waals surface area contributed by atoms with Gasteiger partial charge < -0.3 is 5.11 Å². The summed E-state index contributed by atoms with van der Waals surface area (Å²) in [5.41, 5.74) is -0.607. The fourth-order valence-electron chi connectivity index (χ4n) is 3.03. The van der Waals surface area contributed by atoms with Gasteiger partial charge in [-0.2, -0.15) is 0 Å². The third-order valence-electron chi connectivity index (χ3n) is 4.42. The van der Waals surface area contributed by atoms with Crippen molar-refractivity contribution < 1.29 is 14.7 Å². The maximum Gasteiger partial charge on any atom is 0.341 e. The molecule has 0 unspecified atom stereocenters. The van der Waals surface area contributed by atoms with Crippen molar-refractivity contribution in [2.24, 2.45) is 0 Å². The van der Waals surface area contributed by atoms with Gasteiger partial charge in [0.05, 0.1) is 5.52 Å². The van der Waals surface area contributed by atoms with Crippen LogP contribution in [-0.4, -0.2) is 21.6 Å². The van der Waals surface area contributed by atoms with Crippen LogP contribution >= 0.6 is 11.8 Å². The molecule has 29 heavy (non-hydrogen) atoms. The average molecular weight is 401 g/mol. The van der Waals surface area contributed by atoms with Crippen molar-refractivity contribution in [3.05, 3.63) is 106 Å². The number of aromatic carboxylic acids is 1. The molecule has 1 heterocycles. The highest BCUT2D eigenvalue weighted by atomic mass is 32.2. The molecule has 0 fully saturated rings. The number of carboxylic acid groups (broad SMARTS) is 1. The van der Waals surface area contributed by atoms with Crippen LogP contribution in [0.15, 0.2) is 99.5 Å². The van der Waals surface area contributed by atoms with E-state index in [2.05, 4.69) is 0 Å². The normalized spacial score (nSPS) is 10.8. The topological polar surface area (TPSA) is 76.4 Å². The second-order valence-corrected chi connectivity index (χ2v) is 7.45. The molecule has 0 saturated heterocycles. The number of rotatable bonds is 4. The van der Waals surface area contributed by atoms with Gasteiger partial charge in [0.25, 0.3) is 11.5 Å². The molecule has 0 bridgehead atoms. The van der Waals surface area contributed by atoms with E-state index in [1.165, 1.54) is 6.07 Å². The molecule has 0 atom stereocenters. The quantitative estimate of drug-likeness (QED) is 0.543. The summed E-state index contributed by atoms with van der Waals surface area (Å²) in [5.74, 6) is -1.93. The summed E-state index contributed by atoms with van der Waals surface area (Å²) >= 11 is 1.56. The third kappa shape index (κ3) is 3.70. The monoisotopic (exact) mass is 401 g/mol. The molecule has 142 valence electrons. The second-order valence-electron chi connectivity index (χ2n) is 6.31. The lowest BCUT2D eigenvalue weighted by molar-refractivity contribution is 0.0695. The van der Waals surface area contributed by atoms with Crippen molar-refractivity contribution in [2.75, 3.05) is 0 Å². The summed E-state index contributed by atoms with van der Waals surface area (Å²) in [5, 5.41) is 9.86. The summed E-state index contributed by atoms with van der Waals surface area (Å²) in [7, 11) is 0. The van der Waals surface area contributed by atoms with Crippen molar-refractivity contribution in [3.8, 4) is 0 Å². The number of nitrogens with zero attached hydrogens (tertiary/aromatic N) is 1. The Balaban J connectivity index is 1.75. The zero-order valence-corrected chi connectivity index (χ0v) is 15.9. The molecule has 6 heteroatoms. The smallest absolute Gasteiger partial charge is 0.341 e. The minimum Gasteiger partial charge on any atom is -0.477 e. The summed E-state index contributed by atoms with van der Waals surface area (Å²) in [6.45, 7) is 0. The van der Waals surface area contributed by atoms with Gasteiger partial charge in [0.15, 0.2) is 0 Å². The van der Waals surface area contributed by atoms with Crippen molar-refractivity contribution in [1.29, 1.82) is 0 Å². The SMILES string of the molecule is O=C(O)c1cc2ccccc2n(C(=O)c2ccc(Sc3ccccc3)cc2)c1=O. The first-order valence-corrected chi connectivity index (χ1v) is 9.62. The molecule has 1 N–H and O–H groups in total. The van der Waals surface area contributed by atoms with E-state index in [4.69, 9.17) is 0 Å². The van der Waals surface area contributed by atoms with E-state index in [0.717, 1.165) is 14.4 Å². The predicted molar refractivity (Wildman–Crippen MR) is 112 cm³/mol. The number of carbonyl (C=O) groups is 2. The highest BCUT2D eigenvalue weighted by Crippen LogP contribution is 2.27. The Kier molecular flexibility index (Phi) is 5.01. The number of para-hydroxylation sites is 1. The van der Waals surface area contributed by atoms with Gasteiger partial charge in [0.2, 0.25) is 0 Å². The van der Waals surface area contributed by atoms with Crippen molar-refractivity contribution in [2.45, 2.75) is 9.79 Å². The number of fused-ring (bicyclic) bond motifs is 1. The van der Waals surface area contributed by atoms with E-state index in [9.17, 15) is 19.5 Å². The Morgan fingerprint density at radius 1 is 0.793 bits per heavy atom. The van der Waals surface area contributed by atoms with Gasteiger partial charge >= 0.3 is 5.97 Å². The number of benzene rings is 3. The molecule has 4 aromatic rings. The Bertz CT molecular complexity index is 1280. The number of aromatic nitrogens is 1. The molecule has 1 aromatic heterocycles. The fourth-order valence-corrected chi connectivity index (χ4v) is 3.87. The summed E-state index contributed by atoms with van der Waals surface area (Å²) in [4.78, 5) is 39.3. The second kappa shape index (κ2) is 7.77. The lowest BCUT2D eigenvalue weighted by Crippen LogP contribution is -2.31. The Morgan fingerprint density at radius 3 is 2.10 bits per heavy atom. The van der Waals surface area contributed by atoms with Gasteiger partial charge in [0, 0.05) is 15.4 Å². The van der Waals surface area contributed by atoms with E-state index in [1.807, 2.05) is 30.3 Å². The fraction of sp³-hybridized carbons (Fsp3) is 0. The number of pyridine rings is 1. The molecule has 0 amide bonds. The molecule has 0 aliphatic heterocycles. The number of carboxylic acids is 1. The van der Waals surface area contributed by atoms with Crippen LogP contribution in [0.3, 0.4) is 0 Å². The van der Waals surface area contributed by atoms with Crippen LogP contribution < -0.4 is 5.56 Å². The van der Waals surface area contributed by atoms with Crippen LogP contribution in [0.25, 0.3) is 10.9 Å². The molecule has 3 aromatic carbocycles. The number of hydrogen-bond acceptors (Lipinski definition) is 4. The molecule has 0 saturated carbocycles. The van der Waals surface area contributed by atoms with Crippen molar-refractivity contribution in [1.82, 2.24) is 4.57 Å². The van der Waals surface area contributed by atoms with Gasteiger partial charge in [-0.3, -0.25) is 9.59 Å². The molecular formula is C23H15NO4S. The largest absolute Gasteiger partial charge is 0.477 e. The zero-order chi connectivity index (χ0) is 20.4. The standard InChI is InChI=1S/C23H15NO4S/c25-21(15-10-12-18(13-11-15)29-17-7-2-1-3-8-17)24-20-9-5-4-6-16(20)14-19(22(24)26)23(27)28/h1-14H,(H,27,28). The van der Waals surface area contributed by atoms with Gasteiger partial charge in [-0.05, 0) is 53.9 Å². The van der Waals surface area contributed by atoms with E-state index in [0.29, 0.717) is 16.5 Å². The van der Waals surface area contributed by atoms with Gasteiger partial charge in [0.1, 0.15) is 5.56 Å². The van der Waals surface area contributed by atoms with Gasteiger partial charge in [-0.25, -0.2) is 9.36 Å². The van der Waals surface area contributed by atoms with Gasteiger partial charge in [-0.15, -0.1) is 0 Å². The first-order valence-electron chi connectivity index (χ1n) is 8.80. The Hall–Kier alpha value is -3.64. The number of hydrogen-bond donors (Lipinski definition) is 1. The van der Waals surface area contributed by atoms with E-state index < -0.39 is 23.0 Å². The van der Waals surface area contributed by atoms with Crippen LogP contribution in [0, 0.1) is 0 Å². The van der Waals surface area contributed by atoms with E-state index in [-0.39, 0.29) is 0 Å². The van der Waals surface area contributed by atoms with Crippen LogP contribution in [0.2, 0.25) is 0 Å². The van der Waals surface area contributed by atoms with Crippen LogP contribution in [0.5, 0.6) is 0 Å². The van der Waals surface area contributed by atoms with Crippen molar-refractivity contribution in [3.63, 3.8) is 0 Å². The molecule has 0 aliphatic carbocycles. The van der Waals surface area contributed by atoms with Crippen molar-refractivity contribution >= 4 is 34.5 Å². The Morgan fingerprint density at radius 2 is 1.41 bits per heavy atom. The lowest BCUT2D eigenvalue weighted by Gasteiger charge is -2.11. The zero-order valence-electron chi connectivity index (χ0n) is 15.1. The molecule has 0 aliphatic rings. The first-order chi connectivity index (χ1) is 14.0. The predicted octanol–water partition coefficient (Wildman–Crippen LogP) is 4.54. The van der Waals surface area contributed by atoms with Crippen LogP contribution in [-0.2, 0) is 0 Å². The molecule has 4 rings (SSSR count).